The van der Waals surface area contributed by atoms with E-state index >= 15 is 0 Å². The van der Waals surface area contributed by atoms with E-state index in [0.29, 0.717) is 37.5 Å². The van der Waals surface area contributed by atoms with Gasteiger partial charge in [0.1, 0.15) is 16.7 Å². The summed E-state index contributed by atoms with van der Waals surface area (Å²) >= 11 is 5.88. The first-order valence-electron chi connectivity index (χ1n) is 10.7. The molecule has 3 rings (SSSR count). The summed E-state index contributed by atoms with van der Waals surface area (Å²) < 4.78 is 32.2. The van der Waals surface area contributed by atoms with Crippen molar-refractivity contribution in [2.24, 2.45) is 11.8 Å². The second-order valence-corrected chi connectivity index (χ2v) is 8.81. The number of carbonyl (C=O) groups is 2. The van der Waals surface area contributed by atoms with Crippen LogP contribution in [0.4, 0.5) is 19.3 Å². The summed E-state index contributed by atoms with van der Waals surface area (Å²) in [4.78, 5) is 27.8. The molecule has 0 aliphatic carbocycles. The molecule has 1 heterocycles. The topological polar surface area (TPSA) is 49.9 Å². The van der Waals surface area contributed by atoms with Crippen molar-refractivity contribution in [2.75, 3.05) is 18.0 Å². The third kappa shape index (κ3) is 5.76. The number of carbonyl (C=O) groups excluding carboxylic acids is 2. The molecule has 1 fully saturated rings. The van der Waals surface area contributed by atoms with Gasteiger partial charge in [0.2, 0.25) is 6.41 Å². The first-order valence-corrected chi connectivity index (χ1v) is 11.1. The molecule has 0 N–H and O–H groups in total. The Bertz CT molecular complexity index is 931. The van der Waals surface area contributed by atoms with E-state index in [-0.39, 0.29) is 28.5 Å². The highest BCUT2D eigenvalue weighted by Gasteiger charge is 2.33. The summed E-state index contributed by atoms with van der Waals surface area (Å²) in [6.07, 6.45) is 2.35. The van der Waals surface area contributed by atoms with Crippen LogP contribution >= 0.6 is 11.6 Å². The minimum absolute atomic E-state index is 0.0140. The summed E-state index contributed by atoms with van der Waals surface area (Å²) in [5.74, 6) is -0.512. The van der Waals surface area contributed by atoms with Crippen LogP contribution in [0.5, 0.6) is 5.75 Å². The largest absolute Gasteiger partial charge is 0.415 e. The molecule has 1 atom stereocenters. The highest BCUT2D eigenvalue weighted by atomic mass is 35.5. The second kappa shape index (κ2) is 10.8. The van der Waals surface area contributed by atoms with Crippen LogP contribution in [0.1, 0.15) is 33.1 Å². The quantitative estimate of drug-likeness (QED) is 0.479. The molecule has 0 spiro atoms. The van der Waals surface area contributed by atoms with Gasteiger partial charge in [-0.1, -0.05) is 31.5 Å². The highest BCUT2D eigenvalue weighted by molar-refractivity contribution is 6.32. The molecule has 1 aliphatic heterocycles. The van der Waals surface area contributed by atoms with Crippen LogP contribution in [-0.2, 0) is 4.79 Å². The molecule has 0 aromatic heterocycles. The summed E-state index contributed by atoms with van der Waals surface area (Å²) in [5, 5.41) is -0.228. The fraction of sp³-hybridized carbons (Fsp3) is 0.417. The van der Waals surface area contributed by atoms with Crippen molar-refractivity contribution in [1.29, 1.82) is 0 Å². The zero-order valence-electron chi connectivity index (χ0n) is 18.1. The Labute approximate surface area is 191 Å². The zero-order valence-corrected chi connectivity index (χ0v) is 18.9. The number of likely N-dealkylation sites (tertiary alicyclic amines) is 1. The fourth-order valence-corrected chi connectivity index (χ4v) is 4.31. The van der Waals surface area contributed by atoms with Crippen molar-refractivity contribution in [3.05, 3.63) is 59.1 Å². The van der Waals surface area contributed by atoms with Crippen LogP contribution in [0, 0.1) is 23.5 Å². The van der Waals surface area contributed by atoms with Gasteiger partial charge in [-0.25, -0.2) is 13.6 Å². The summed E-state index contributed by atoms with van der Waals surface area (Å²) in [6.45, 7) is 5.08. The van der Waals surface area contributed by atoms with Gasteiger partial charge < -0.3 is 14.5 Å². The lowest BCUT2D eigenvalue weighted by atomic mass is 9.84. The molecule has 1 unspecified atom stereocenters. The van der Waals surface area contributed by atoms with E-state index in [4.69, 9.17) is 16.3 Å². The van der Waals surface area contributed by atoms with Gasteiger partial charge >= 0.3 is 6.09 Å². The molecule has 5 nitrogen and oxygen atoms in total. The van der Waals surface area contributed by atoms with Crippen molar-refractivity contribution in [2.45, 2.75) is 39.2 Å². The van der Waals surface area contributed by atoms with Crippen LogP contribution < -0.4 is 9.64 Å². The average molecular weight is 465 g/mol. The van der Waals surface area contributed by atoms with E-state index in [1.807, 2.05) is 0 Å². The smallest absolute Gasteiger partial charge is 0.408 e. The lowest BCUT2D eigenvalue weighted by molar-refractivity contribution is -0.108. The minimum Gasteiger partial charge on any atom is -0.408 e. The van der Waals surface area contributed by atoms with Gasteiger partial charge in [0.15, 0.2) is 5.75 Å². The van der Waals surface area contributed by atoms with E-state index in [0.717, 1.165) is 12.8 Å². The van der Waals surface area contributed by atoms with Gasteiger partial charge in [-0.3, -0.25) is 4.79 Å². The number of nitrogens with zero attached hydrogens (tertiary/aromatic N) is 2. The standard InChI is InChI=1S/C24H27ClF2N2O3/c1-16(2)14-21(29(15-30)19-8-6-18(26)7-9-19)17-10-12-28(13-11-17)24(31)32-22-5-3-4-20(27)23(22)25/h3-9,15-17,21H,10-14H2,1-2H3. The molecule has 1 aliphatic rings. The predicted molar refractivity (Wildman–Crippen MR) is 120 cm³/mol. The molecule has 2 aromatic rings. The number of ether oxygens (including phenoxy) is 1. The molecule has 0 saturated carbocycles. The molecule has 2 aromatic carbocycles. The maximum absolute atomic E-state index is 13.6. The molecule has 172 valence electrons. The molecular formula is C24H27ClF2N2O3. The number of hydrogen-bond acceptors (Lipinski definition) is 3. The monoisotopic (exact) mass is 464 g/mol. The first kappa shape index (κ1) is 24.0. The van der Waals surface area contributed by atoms with E-state index in [9.17, 15) is 18.4 Å². The van der Waals surface area contributed by atoms with E-state index in [2.05, 4.69) is 13.8 Å². The van der Waals surface area contributed by atoms with Crippen molar-refractivity contribution < 1.29 is 23.1 Å². The molecule has 8 heteroatoms. The van der Waals surface area contributed by atoms with Crippen LogP contribution in [0.3, 0.4) is 0 Å². The van der Waals surface area contributed by atoms with Crippen LogP contribution in [0.2, 0.25) is 5.02 Å². The second-order valence-electron chi connectivity index (χ2n) is 8.43. The van der Waals surface area contributed by atoms with Crippen LogP contribution in [0.25, 0.3) is 0 Å². The van der Waals surface area contributed by atoms with Crippen LogP contribution in [-0.4, -0.2) is 36.5 Å². The maximum Gasteiger partial charge on any atom is 0.415 e. The average Bonchev–Trinajstić information content (AvgIpc) is 2.78. The number of benzene rings is 2. The third-order valence-corrected chi connectivity index (χ3v) is 6.13. The van der Waals surface area contributed by atoms with Crippen LogP contribution in [0.15, 0.2) is 42.5 Å². The van der Waals surface area contributed by atoms with Gasteiger partial charge in [-0.05, 0) is 67.5 Å². The lowest BCUT2D eigenvalue weighted by Crippen LogP contribution is -2.47. The summed E-state index contributed by atoms with van der Waals surface area (Å²) in [7, 11) is 0. The first-order chi connectivity index (χ1) is 15.3. The number of anilines is 1. The number of amides is 2. The van der Waals surface area contributed by atoms with Crippen molar-refractivity contribution in [3.63, 3.8) is 0 Å². The van der Waals surface area contributed by atoms with E-state index in [1.165, 1.54) is 30.3 Å². The third-order valence-electron chi connectivity index (χ3n) is 5.76. The number of halogens is 3. The van der Waals surface area contributed by atoms with Gasteiger partial charge in [0, 0.05) is 24.8 Å². The maximum atomic E-state index is 13.6. The number of rotatable bonds is 7. The lowest BCUT2D eigenvalue weighted by Gasteiger charge is -2.40. The zero-order chi connectivity index (χ0) is 23.3. The molecule has 0 radical (unpaired) electrons. The van der Waals surface area contributed by atoms with E-state index in [1.54, 1.807) is 21.9 Å². The molecular weight excluding hydrogens is 438 g/mol. The highest BCUT2D eigenvalue weighted by Crippen LogP contribution is 2.32. The normalized spacial score (nSPS) is 15.5. The predicted octanol–water partition coefficient (Wildman–Crippen LogP) is 5.91. The van der Waals surface area contributed by atoms with Gasteiger partial charge in [0.25, 0.3) is 0 Å². The van der Waals surface area contributed by atoms with Gasteiger partial charge in [-0.2, -0.15) is 0 Å². The summed E-state index contributed by atoms with van der Waals surface area (Å²) in [6, 6.07) is 9.88. The Hall–Kier alpha value is -2.67. The van der Waals surface area contributed by atoms with Gasteiger partial charge in [0.05, 0.1) is 0 Å². The van der Waals surface area contributed by atoms with Crippen molar-refractivity contribution in [1.82, 2.24) is 4.90 Å². The SMILES string of the molecule is CC(C)CC(C1CCN(C(=O)Oc2cccc(F)c2Cl)CC1)N(C=O)c1ccc(F)cc1. The minimum atomic E-state index is -0.651. The molecule has 0 bridgehead atoms. The summed E-state index contributed by atoms with van der Waals surface area (Å²) in [5.41, 5.74) is 0.648. The Morgan fingerprint density at radius 3 is 2.44 bits per heavy atom. The Kier molecular flexibility index (Phi) is 8.07. The fourth-order valence-electron chi connectivity index (χ4n) is 4.15. The number of piperidine rings is 1. The molecule has 1 saturated heterocycles. The molecule has 2 amide bonds. The van der Waals surface area contributed by atoms with Gasteiger partial charge in [-0.15, -0.1) is 0 Å². The molecule has 32 heavy (non-hydrogen) atoms. The number of hydrogen-bond donors (Lipinski definition) is 0. The van der Waals surface area contributed by atoms with Crippen molar-refractivity contribution >= 4 is 29.8 Å². The Morgan fingerprint density at radius 1 is 1.19 bits per heavy atom. The Morgan fingerprint density at radius 2 is 1.84 bits per heavy atom. The van der Waals surface area contributed by atoms with Crippen molar-refractivity contribution in [3.8, 4) is 5.75 Å². The Balaban J connectivity index is 1.68. The van der Waals surface area contributed by atoms with E-state index < -0.39 is 11.9 Å².